The first-order chi connectivity index (χ1) is 12.4. The highest BCUT2D eigenvalue weighted by molar-refractivity contribution is 9.10. The standard InChI is InChI=1S/C19H24BrN5O/c1-6-14(7-2)26-19-17-18(21-12(5)22-19)25(24-23-17)16-9-8-13(11(3)4)10-15(16)20/h8-11,14H,6-7H2,1-5H3. The Hall–Kier alpha value is -2.02. The van der Waals surface area contributed by atoms with Crippen LogP contribution in [0.4, 0.5) is 0 Å². The molecule has 0 fully saturated rings. The molecule has 1 aromatic carbocycles. The van der Waals surface area contributed by atoms with Crippen LogP contribution in [0.15, 0.2) is 22.7 Å². The van der Waals surface area contributed by atoms with Gasteiger partial charge >= 0.3 is 0 Å². The summed E-state index contributed by atoms with van der Waals surface area (Å²) >= 11 is 3.66. The molecule has 26 heavy (non-hydrogen) atoms. The van der Waals surface area contributed by atoms with Gasteiger partial charge in [-0.25, -0.2) is 4.98 Å². The number of halogens is 1. The van der Waals surface area contributed by atoms with E-state index in [1.807, 2.05) is 13.0 Å². The maximum absolute atomic E-state index is 6.06. The molecule has 0 N–H and O–H groups in total. The summed E-state index contributed by atoms with van der Waals surface area (Å²) in [4.78, 5) is 9.00. The van der Waals surface area contributed by atoms with Crippen LogP contribution in [-0.2, 0) is 0 Å². The molecule has 6 nitrogen and oxygen atoms in total. The minimum Gasteiger partial charge on any atom is -0.473 e. The molecule has 2 heterocycles. The summed E-state index contributed by atoms with van der Waals surface area (Å²) in [7, 11) is 0. The molecule has 0 saturated heterocycles. The van der Waals surface area contributed by atoms with Crippen molar-refractivity contribution in [1.82, 2.24) is 25.0 Å². The summed E-state index contributed by atoms with van der Waals surface area (Å²) in [6.07, 6.45) is 1.93. The van der Waals surface area contributed by atoms with Crippen molar-refractivity contribution in [3.63, 3.8) is 0 Å². The third-order valence-electron chi connectivity index (χ3n) is 4.44. The van der Waals surface area contributed by atoms with E-state index in [9.17, 15) is 0 Å². The lowest BCUT2D eigenvalue weighted by atomic mass is 10.0. The molecule has 0 aliphatic rings. The first-order valence-corrected chi connectivity index (χ1v) is 9.80. The van der Waals surface area contributed by atoms with Gasteiger partial charge in [0.15, 0.2) is 11.2 Å². The van der Waals surface area contributed by atoms with Crippen molar-refractivity contribution in [2.75, 3.05) is 0 Å². The van der Waals surface area contributed by atoms with Gasteiger partial charge in [0.05, 0.1) is 5.69 Å². The molecular formula is C19H24BrN5O. The second-order valence-corrected chi connectivity index (χ2v) is 7.53. The normalized spacial score (nSPS) is 11.7. The predicted octanol–water partition coefficient (Wildman–Crippen LogP) is 4.97. The van der Waals surface area contributed by atoms with Gasteiger partial charge in [0, 0.05) is 4.47 Å². The minimum atomic E-state index is 0.106. The highest BCUT2D eigenvalue weighted by atomic mass is 79.9. The molecule has 0 atom stereocenters. The first-order valence-electron chi connectivity index (χ1n) is 9.01. The number of aromatic nitrogens is 5. The molecule has 2 aromatic heterocycles. The Labute approximate surface area is 162 Å². The number of nitrogens with zero attached hydrogens (tertiary/aromatic N) is 5. The molecule has 0 bridgehead atoms. The third kappa shape index (κ3) is 3.58. The van der Waals surface area contributed by atoms with E-state index < -0.39 is 0 Å². The quantitative estimate of drug-likeness (QED) is 0.565. The summed E-state index contributed by atoms with van der Waals surface area (Å²) in [6.45, 7) is 10.4. The summed E-state index contributed by atoms with van der Waals surface area (Å²) < 4.78 is 8.75. The number of rotatable bonds is 6. The monoisotopic (exact) mass is 417 g/mol. The molecule has 0 aliphatic carbocycles. The molecule has 0 unspecified atom stereocenters. The SMILES string of the molecule is CCC(CC)Oc1nc(C)nc2c1nnn2-c1ccc(C(C)C)cc1Br. The van der Waals surface area contributed by atoms with Gasteiger partial charge in [0.2, 0.25) is 5.88 Å². The molecule has 7 heteroatoms. The lowest BCUT2D eigenvalue weighted by molar-refractivity contribution is 0.187. The number of hydrogen-bond donors (Lipinski definition) is 0. The van der Waals surface area contributed by atoms with Crippen LogP contribution in [0.1, 0.15) is 57.8 Å². The topological polar surface area (TPSA) is 65.7 Å². The van der Waals surface area contributed by atoms with E-state index in [4.69, 9.17) is 4.74 Å². The average Bonchev–Trinajstić information content (AvgIpc) is 3.02. The largest absolute Gasteiger partial charge is 0.473 e. The van der Waals surface area contributed by atoms with Gasteiger partial charge in [-0.05, 0) is 59.3 Å². The van der Waals surface area contributed by atoms with E-state index >= 15 is 0 Å². The third-order valence-corrected chi connectivity index (χ3v) is 5.07. The molecule has 0 saturated carbocycles. The number of ether oxygens (including phenoxy) is 1. The van der Waals surface area contributed by atoms with Crippen LogP contribution >= 0.6 is 15.9 Å². The Kier molecular flexibility index (Phi) is 5.55. The molecule has 0 radical (unpaired) electrons. The van der Waals surface area contributed by atoms with Crippen molar-refractivity contribution in [3.8, 4) is 11.6 Å². The summed E-state index contributed by atoms with van der Waals surface area (Å²) in [6, 6.07) is 6.25. The van der Waals surface area contributed by atoms with Gasteiger partial charge in [-0.3, -0.25) is 0 Å². The first kappa shape index (κ1) is 18.8. The van der Waals surface area contributed by atoms with E-state index in [2.05, 4.69) is 76.0 Å². The predicted molar refractivity (Wildman–Crippen MR) is 106 cm³/mol. The van der Waals surface area contributed by atoms with E-state index in [1.54, 1.807) is 4.68 Å². The van der Waals surface area contributed by atoms with Crippen LogP contribution in [0, 0.1) is 6.92 Å². The highest BCUT2D eigenvalue weighted by Gasteiger charge is 2.19. The van der Waals surface area contributed by atoms with Crippen LogP contribution in [-0.4, -0.2) is 31.1 Å². The van der Waals surface area contributed by atoms with Crippen molar-refractivity contribution >= 4 is 27.1 Å². The van der Waals surface area contributed by atoms with Crippen molar-refractivity contribution in [2.24, 2.45) is 0 Å². The van der Waals surface area contributed by atoms with Crippen LogP contribution in [0.3, 0.4) is 0 Å². The second kappa shape index (κ2) is 7.70. The van der Waals surface area contributed by atoms with E-state index in [0.29, 0.717) is 28.8 Å². The van der Waals surface area contributed by atoms with Gasteiger partial charge in [-0.1, -0.05) is 39.0 Å². The fourth-order valence-corrected chi connectivity index (χ4v) is 3.37. The highest BCUT2D eigenvalue weighted by Crippen LogP contribution is 2.29. The zero-order chi connectivity index (χ0) is 18.8. The number of fused-ring (bicyclic) bond motifs is 1. The van der Waals surface area contributed by atoms with Crippen LogP contribution < -0.4 is 4.74 Å². The Bertz CT molecular complexity index is 918. The van der Waals surface area contributed by atoms with E-state index in [0.717, 1.165) is 23.0 Å². The van der Waals surface area contributed by atoms with Gasteiger partial charge in [0.25, 0.3) is 0 Å². The Morgan fingerprint density at radius 2 is 1.88 bits per heavy atom. The van der Waals surface area contributed by atoms with Crippen LogP contribution in [0.2, 0.25) is 0 Å². The van der Waals surface area contributed by atoms with Crippen molar-refractivity contribution < 1.29 is 4.74 Å². The Morgan fingerprint density at radius 3 is 2.50 bits per heavy atom. The summed E-state index contributed by atoms with van der Waals surface area (Å²) in [5.41, 5.74) is 3.39. The van der Waals surface area contributed by atoms with Crippen LogP contribution in [0.25, 0.3) is 16.9 Å². The Morgan fingerprint density at radius 1 is 1.15 bits per heavy atom. The second-order valence-electron chi connectivity index (χ2n) is 6.67. The van der Waals surface area contributed by atoms with Gasteiger partial charge in [0.1, 0.15) is 11.9 Å². The smallest absolute Gasteiger partial charge is 0.248 e. The lowest BCUT2D eigenvalue weighted by Crippen LogP contribution is -2.15. The molecular weight excluding hydrogens is 394 g/mol. The van der Waals surface area contributed by atoms with Gasteiger partial charge < -0.3 is 4.74 Å². The molecule has 3 rings (SSSR count). The van der Waals surface area contributed by atoms with E-state index in [-0.39, 0.29) is 6.10 Å². The number of aryl methyl sites for hydroxylation is 1. The molecule has 0 amide bonds. The zero-order valence-corrected chi connectivity index (χ0v) is 17.4. The fourth-order valence-electron chi connectivity index (χ4n) is 2.81. The fraction of sp³-hybridized carbons (Fsp3) is 0.474. The van der Waals surface area contributed by atoms with Crippen molar-refractivity contribution in [3.05, 3.63) is 34.1 Å². The number of hydrogen-bond acceptors (Lipinski definition) is 5. The molecule has 0 spiro atoms. The summed E-state index contributed by atoms with van der Waals surface area (Å²) in [5, 5.41) is 8.61. The molecule has 0 aliphatic heterocycles. The van der Waals surface area contributed by atoms with Gasteiger partial charge in [-0.15, -0.1) is 5.10 Å². The summed E-state index contributed by atoms with van der Waals surface area (Å²) in [5.74, 6) is 1.59. The van der Waals surface area contributed by atoms with Gasteiger partial charge in [-0.2, -0.15) is 9.67 Å². The zero-order valence-electron chi connectivity index (χ0n) is 15.8. The van der Waals surface area contributed by atoms with E-state index in [1.165, 1.54) is 5.56 Å². The molecule has 138 valence electrons. The number of benzene rings is 1. The average molecular weight is 418 g/mol. The maximum atomic E-state index is 6.06. The van der Waals surface area contributed by atoms with Crippen LogP contribution in [0.5, 0.6) is 5.88 Å². The van der Waals surface area contributed by atoms with Crippen molar-refractivity contribution in [2.45, 2.75) is 59.5 Å². The Balaban J connectivity index is 2.10. The van der Waals surface area contributed by atoms with Crippen molar-refractivity contribution in [1.29, 1.82) is 0 Å². The maximum Gasteiger partial charge on any atom is 0.248 e. The lowest BCUT2D eigenvalue weighted by Gasteiger charge is -2.15. The minimum absolute atomic E-state index is 0.106. The molecule has 3 aromatic rings.